The Morgan fingerprint density at radius 2 is 2.28 bits per heavy atom. The van der Waals surface area contributed by atoms with Crippen molar-refractivity contribution < 1.29 is 13.9 Å². The first-order chi connectivity index (χ1) is 12.1. The molecule has 7 nitrogen and oxygen atoms in total. The maximum atomic E-state index is 12.6. The Bertz CT molecular complexity index is 946. The zero-order valence-electron chi connectivity index (χ0n) is 13.6. The predicted octanol–water partition coefficient (Wildman–Crippen LogP) is 2.57. The summed E-state index contributed by atoms with van der Waals surface area (Å²) in [5.74, 6) is 0.600. The Labute approximate surface area is 143 Å². The van der Waals surface area contributed by atoms with Gasteiger partial charge in [-0.05, 0) is 12.1 Å². The van der Waals surface area contributed by atoms with Crippen LogP contribution in [0.1, 0.15) is 18.2 Å². The number of amides is 1. The van der Waals surface area contributed by atoms with Crippen LogP contribution in [0.4, 0.5) is 10.1 Å². The molecule has 1 amide bonds. The molecule has 8 heteroatoms. The van der Waals surface area contributed by atoms with Crippen LogP contribution in [0, 0.1) is 0 Å². The third-order valence-corrected chi connectivity index (χ3v) is 4.00. The summed E-state index contributed by atoms with van der Waals surface area (Å²) in [5, 5.41) is 11.3. The standard InChI is InChI=1S/C17H16FN5O2/c1-11(24)20-14-3-2-12-8-23-15(9-25-17(12)4-14)5-16(21-23)13-6-19-22(7-13)10-18/h2-7H,8-10H2,1H3,(H,20,24). The topological polar surface area (TPSA) is 74.0 Å². The Hall–Kier alpha value is -3.16. The van der Waals surface area contributed by atoms with Gasteiger partial charge in [0, 0.05) is 36.0 Å². The van der Waals surface area contributed by atoms with Gasteiger partial charge in [-0.3, -0.25) is 9.48 Å². The van der Waals surface area contributed by atoms with Crippen molar-refractivity contribution in [2.24, 2.45) is 0 Å². The zero-order chi connectivity index (χ0) is 17.4. The van der Waals surface area contributed by atoms with Crippen molar-refractivity contribution >= 4 is 11.6 Å². The van der Waals surface area contributed by atoms with E-state index in [9.17, 15) is 9.18 Å². The number of nitrogens with one attached hydrogen (secondary N) is 1. The molecule has 1 aliphatic rings. The van der Waals surface area contributed by atoms with E-state index in [0.29, 0.717) is 18.8 Å². The third kappa shape index (κ3) is 2.98. The SMILES string of the molecule is CC(=O)Nc1ccc2c(c1)OCc1cc(-c3cnn(CF)c3)nn1C2. The van der Waals surface area contributed by atoms with Gasteiger partial charge in [0.15, 0.2) is 6.80 Å². The zero-order valence-corrected chi connectivity index (χ0v) is 13.6. The first-order valence-corrected chi connectivity index (χ1v) is 7.81. The van der Waals surface area contributed by atoms with Crippen LogP contribution in [0.2, 0.25) is 0 Å². The van der Waals surface area contributed by atoms with E-state index in [0.717, 1.165) is 28.3 Å². The molecule has 128 valence electrons. The lowest BCUT2D eigenvalue weighted by molar-refractivity contribution is -0.114. The number of rotatable bonds is 3. The highest BCUT2D eigenvalue weighted by molar-refractivity contribution is 5.88. The molecule has 3 aromatic rings. The minimum Gasteiger partial charge on any atom is -0.487 e. The summed E-state index contributed by atoms with van der Waals surface area (Å²) >= 11 is 0. The molecule has 0 atom stereocenters. The van der Waals surface area contributed by atoms with E-state index in [1.54, 1.807) is 12.4 Å². The van der Waals surface area contributed by atoms with E-state index < -0.39 is 6.80 Å². The Morgan fingerprint density at radius 3 is 3.04 bits per heavy atom. The number of benzene rings is 1. The summed E-state index contributed by atoms with van der Waals surface area (Å²) in [6, 6.07) is 7.48. The smallest absolute Gasteiger partial charge is 0.221 e. The third-order valence-electron chi connectivity index (χ3n) is 4.00. The second kappa shape index (κ2) is 6.04. The number of fused-ring (bicyclic) bond motifs is 2. The van der Waals surface area contributed by atoms with Gasteiger partial charge < -0.3 is 10.1 Å². The Balaban J connectivity index is 1.62. The molecule has 0 saturated carbocycles. The van der Waals surface area contributed by atoms with E-state index in [1.165, 1.54) is 11.6 Å². The first-order valence-electron chi connectivity index (χ1n) is 7.81. The highest BCUT2D eigenvalue weighted by Gasteiger charge is 2.18. The van der Waals surface area contributed by atoms with Crippen molar-refractivity contribution in [1.82, 2.24) is 19.6 Å². The van der Waals surface area contributed by atoms with Crippen LogP contribution in [0.15, 0.2) is 36.7 Å². The quantitative estimate of drug-likeness (QED) is 0.795. The van der Waals surface area contributed by atoms with Gasteiger partial charge >= 0.3 is 0 Å². The average molecular weight is 341 g/mol. The molecular formula is C17H16FN5O2. The number of aromatic nitrogens is 4. The molecular weight excluding hydrogens is 325 g/mol. The summed E-state index contributed by atoms with van der Waals surface area (Å²) in [6.45, 7) is 1.72. The number of ether oxygens (including phenoxy) is 1. The molecule has 1 aliphatic heterocycles. The van der Waals surface area contributed by atoms with Crippen LogP contribution in [-0.4, -0.2) is 25.5 Å². The van der Waals surface area contributed by atoms with Crippen LogP contribution >= 0.6 is 0 Å². The molecule has 0 saturated heterocycles. The maximum Gasteiger partial charge on any atom is 0.221 e. The summed E-state index contributed by atoms with van der Waals surface area (Å²) in [5.41, 5.74) is 4.09. The second-order valence-electron chi connectivity index (χ2n) is 5.86. The van der Waals surface area contributed by atoms with Crippen LogP contribution in [0.3, 0.4) is 0 Å². The highest BCUT2D eigenvalue weighted by atomic mass is 19.1. The number of carbonyl (C=O) groups excluding carboxylic acids is 1. The van der Waals surface area contributed by atoms with E-state index >= 15 is 0 Å². The average Bonchev–Trinajstić information content (AvgIpc) is 3.18. The lowest BCUT2D eigenvalue weighted by Gasteiger charge is -2.09. The van der Waals surface area contributed by atoms with Gasteiger partial charge in [0.1, 0.15) is 12.4 Å². The molecule has 0 fully saturated rings. The number of alkyl halides is 1. The molecule has 25 heavy (non-hydrogen) atoms. The Kier molecular flexibility index (Phi) is 3.72. The van der Waals surface area contributed by atoms with Gasteiger partial charge in [-0.25, -0.2) is 9.07 Å². The number of hydrogen-bond acceptors (Lipinski definition) is 4. The summed E-state index contributed by atoms with van der Waals surface area (Å²) < 4.78 is 21.6. The van der Waals surface area contributed by atoms with Gasteiger partial charge in [-0.2, -0.15) is 10.2 Å². The van der Waals surface area contributed by atoms with Gasteiger partial charge in [-0.15, -0.1) is 0 Å². The minimum atomic E-state index is -0.666. The molecule has 0 unspecified atom stereocenters. The number of halogens is 1. The van der Waals surface area contributed by atoms with Crippen molar-refractivity contribution in [2.45, 2.75) is 26.9 Å². The van der Waals surface area contributed by atoms with Crippen molar-refractivity contribution in [3.8, 4) is 17.0 Å². The maximum absolute atomic E-state index is 12.6. The fourth-order valence-corrected chi connectivity index (χ4v) is 2.82. The largest absolute Gasteiger partial charge is 0.487 e. The van der Waals surface area contributed by atoms with E-state index in [2.05, 4.69) is 15.5 Å². The summed E-state index contributed by atoms with van der Waals surface area (Å²) in [7, 11) is 0. The number of hydrogen-bond donors (Lipinski definition) is 1. The molecule has 3 heterocycles. The predicted molar refractivity (Wildman–Crippen MR) is 88.7 cm³/mol. The van der Waals surface area contributed by atoms with E-state index in [1.807, 2.05) is 28.9 Å². The second-order valence-corrected chi connectivity index (χ2v) is 5.86. The normalized spacial score (nSPS) is 12.7. The van der Waals surface area contributed by atoms with Crippen LogP contribution in [-0.2, 0) is 24.7 Å². The van der Waals surface area contributed by atoms with E-state index in [4.69, 9.17) is 4.74 Å². The fraction of sp³-hybridized carbons (Fsp3) is 0.235. The molecule has 0 spiro atoms. The number of nitrogens with zero attached hydrogens (tertiary/aromatic N) is 4. The van der Waals surface area contributed by atoms with Crippen LogP contribution < -0.4 is 10.1 Å². The van der Waals surface area contributed by atoms with Gasteiger partial charge in [0.2, 0.25) is 5.91 Å². The van der Waals surface area contributed by atoms with Crippen molar-refractivity contribution in [2.75, 3.05) is 5.32 Å². The van der Waals surface area contributed by atoms with Gasteiger partial charge in [0.05, 0.1) is 24.1 Å². The molecule has 0 radical (unpaired) electrons. The molecule has 1 aromatic carbocycles. The van der Waals surface area contributed by atoms with Crippen molar-refractivity contribution in [3.63, 3.8) is 0 Å². The molecule has 1 N–H and O–H groups in total. The van der Waals surface area contributed by atoms with Crippen molar-refractivity contribution in [3.05, 3.63) is 47.9 Å². The summed E-state index contributed by atoms with van der Waals surface area (Å²) in [4.78, 5) is 11.2. The molecule has 0 bridgehead atoms. The van der Waals surface area contributed by atoms with Crippen molar-refractivity contribution in [1.29, 1.82) is 0 Å². The van der Waals surface area contributed by atoms with Crippen LogP contribution in [0.25, 0.3) is 11.3 Å². The first kappa shape index (κ1) is 15.4. The number of carbonyl (C=O) groups is 1. The lowest BCUT2D eigenvalue weighted by atomic mass is 10.2. The lowest BCUT2D eigenvalue weighted by Crippen LogP contribution is -2.06. The molecule has 0 aliphatic carbocycles. The number of anilines is 1. The summed E-state index contributed by atoms with van der Waals surface area (Å²) in [6.07, 6.45) is 3.22. The van der Waals surface area contributed by atoms with Crippen LogP contribution in [0.5, 0.6) is 5.75 Å². The van der Waals surface area contributed by atoms with E-state index in [-0.39, 0.29) is 5.91 Å². The molecule has 2 aromatic heterocycles. The Morgan fingerprint density at radius 1 is 1.40 bits per heavy atom. The highest BCUT2D eigenvalue weighted by Crippen LogP contribution is 2.29. The monoisotopic (exact) mass is 341 g/mol. The fourth-order valence-electron chi connectivity index (χ4n) is 2.82. The van der Waals surface area contributed by atoms with Gasteiger partial charge in [-0.1, -0.05) is 6.07 Å². The van der Waals surface area contributed by atoms with Gasteiger partial charge in [0.25, 0.3) is 0 Å². The minimum absolute atomic E-state index is 0.125. The molecule has 4 rings (SSSR count).